The fraction of sp³-hybridized carbons (Fsp3) is 0.375. The van der Waals surface area contributed by atoms with Crippen LogP contribution >= 0.6 is 11.6 Å². The van der Waals surface area contributed by atoms with Crippen LogP contribution in [-0.2, 0) is 26.2 Å². The normalized spacial score (nSPS) is 14.3. The Morgan fingerprint density at radius 1 is 0.952 bits per heavy atom. The van der Waals surface area contributed by atoms with Gasteiger partial charge in [-0.3, -0.25) is 13.9 Å². The van der Waals surface area contributed by atoms with Crippen molar-refractivity contribution in [2.75, 3.05) is 17.5 Å². The van der Waals surface area contributed by atoms with Crippen LogP contribution in [0.1, 0.15) is 51.5 Å². The van der Waals surface area contributed by atoms with E-state index in [4.69, 9.17) is 16.3 Å². The van der Waals surface area contributed by atoms with Crippen LogP contribution in [0.25, 0.3) is 0 Å². The molecule has 4 rings (SSSR count). The highest BCUT2D eigenvalue weighted by molar-refractivity contribution is 7.92. The van der Waals surface area contributed by atoms with Gasteiger partial charge in [0.1, 0.15) is 18.3 Å². The van der Waals surface area contributed by atoms with Crippen LogP contribution in [0.15, 0.2) is 83.8 Å². The number of nitrogens with zero attached hydrogens (tertiary/aromatic N) is 2. The lowest BCUT2D eigenvalue weighted by Gasteiger charge is -2.33. The average Bonchev–Trinajstić information content (AvgIpc) is 3.50. The van der Waals surface area contributed by atoms with Gasteiger partial charge in [-0.05, 0) is 80.3 Å². The second-order valence-electron chi connectivity index (χ2n) is 10.3. The number of carbonyl (C=O) groups excluding carboxylic acids is 2. The van der Waals surface area contributed by atoms with E-state index in [0.29, 0.717) is 29.5 Å². The minimum Gasteiger partial charge on any atom is -0.494 e. The molecule has 1 atom stereocenters. The van der Waals surface area contributed by atoms with Crippen molar-refractivity contribution in [2.45, 2.75) is 69.5 Å². The number of hydrogen-bond donors (Lipinski definition) is 1. The molecule has 0 spiro atoms. The first kappa shape index (κ1) is 31.4. The first-order valence-electron chi connectivity index (χ1n) is 14.4. The van der Waals surface area contributed by atoms with E-state index in [1.807, 2.05) is 44.2 Å². The summed E-state index contributed by atoms with van der Waals surface area (Å²) < 4.78 is 34.6. The van der Waals surface area contributed by atoms with Crippen molar-refractivity contribution in [3.63, 3.8) is 0 Å². The van der Waals surface area contributed by atoms with Crippen LogP contribution in [-0.4, -0.2) is 50.4 Å². The Balaban J connectivity index is 1.70. The summed E-state index contributed by atoms with van der Waals surface area (Å²) in [6.45, 7) is 3.84. The van der Waals surface area contributed by atoms with Gasteiger partial charge < -0.3 is 15.0 Å². The van der Waals surface area contributed by atoms with Gasteiger partial charge in [0, 0.05) is 17.6 Å². The Hall–Kier alpha value is -3.56. The van der Waals surface area contributed by atoms with E-state index in [2.05, 4.69) is 5.32 Å². The predicted molar refractivity (Wildman–Crippen MR) is 165 cm³/mol. The molecule has 1 aliphatic carbocycles. The van der Waals surface area contributed by atoms with Crippen molar-refractivity contribution < 1.29 is 22.7 Å². The molecule has 224 valence electrons. The van der Waals surface area contributed by atoms with Crippen LogP contribution in [0.4, 0.5) is 5.69 Å². The van der Waals surface area contributed by atoms with Crippen LogP contribution in [0.2, 0.25) is 5.02 Å². The predicted octanol–water partition coefficient (Wildman–Crippen LogP) is 5.80. The van der Waals surface area contributed by atoms with Crippen LogP contribution in [0.3, 0.4) is 0 Å². The van der Waals surface area contributed by atoms with Crippen molar-refractivity contribution in [1.29, 1.82) is 0 Å². The Morgan fingerprint density at radius 3 is 2.19 bits per heavy atom. The van der Waals surface area contributed by atoms with Gasteiger partial charge >= 0.3 is 0 Å². The van der Waals surface area contributed by atoms with Crippen molar-refractivity contribution in [3.8, 4) is 5.75 Å². The highest BCUT2D eigenvalue weighted by Crippen LogP contribution is 2.28. The number of sulfonamides is 1. The molecule has 2 amide bonds. The van der Waals surface area contributed by atoms with Gasteiger partial charge in [0.25, 0.3) is 10.0 Å². The van der Waals surface area contributed by atoms with Crippen molar-refractivity contribution in [3.05, 3.63) is 89.4 Å². The van der Waals surface area contributed by atoms with Crippen LogP contribution in [0, 0.1) is 0 Å². The summed E-state index contributed by atoms with van der Waals surface area (Å²) in [5.74, 6) is -0.127. The lowest BCUT2D eigenvalue weighted by Crippen LogP contribution is -2.53. The molecule has 1 saturated carbocycles. The number of benzene rings is 3. The standard InChI is InChI=1S/C32H38ClN3O5S/c1-3-30(32(38)34-26-12-8-9-13-26)35(22-24-10-6-5-7-11-24)31(37)23-36(27-16-18-28(19-17-27)41-4-2)42(39,40)29-20-14-25(33)15-21-29/h5-7,10-11,14-21,26,30H,3-4,8-9,12-13,22-23H2,1-2H3,(H,34,38)/t30-/m1/s1. The smallest absolute Gasteiger partial charge is 0.264 e. The molecule has 1 N–H and O–H groups in total. The molecule has 0 saturated heterocycles. The molecule has 0 aromatic heterocycles. The fourth-order valence-corrected chi connectivity index (χ4v) is 6.75. The number of rotatable bonds is 13. The summed E-state index contributed by atoms with van der Waals surface area (Å²) in [5, 5.41) is 3.52. The molecule has 8 nitrogen and oxygen atoms in total. The quantitative estimate of drug-likeness (QED) is 0.264. The van der Waals surface area contributed by atoms with Crippen molar-refractivity contribution >= 4 is 39.1 Å². The van der Waals surface area contributed by atoms with Gasteiger partial charge in [-0.25, -0.2) is 8.42 Å². The first-order chi connectivity index (χ1) is 20.2. The summed E-state index contributed by atoms with van der Waals surface area (Å²) in [6.07, 6.45) is 4.34. The number of nitrogens with one attached hydrogen (secondary N) is 1. The molecule has 42 heavy (non-hydrogen) atoms. The maximum Gasteiger partial charge on any atom is 0.264 e. The SMILES string of the molecule is CCOc1ccc(N(CC(=O)N(Cc2ccccc2)[C@H](CC)C(=O)NC2CCCC2)S(=O)(=O)c2ccc(Cl)cc2)cc1. The zero-order valence-electron chi connectivity index (χ0n) is 24.0. The highest BCUT2D eigenvalue weighted by atomic mass is 35.5. The van der Waals surface area contributed by atoms with Gasteiger partial charge in [0.2, 0.25) is 11.8 Å². The van der Waals surface area contributed by atoms with Gasteiger partial charge in [0.05, 0.1) is 17.2 Å². The lowest BCUT2D eigenvalue weighted by atomic mass is 10.1. The Kier molecular flexibility index (Phi) is 10.9. The number of hydrogen-bond acceptors (Lipinski definition) is 5. The lowest BCUT2D eigenvalue weighted by molar-refractivity contribution is -0.140. The Morgan fingerprint density at radius 2 is 1.60 bits per heavy atom. The molecule has 0 unspecified atom stereocenters. The highest BCUT2D eigenvalue weighted by Gasteiger charge is 2.34. The molecular formula is C32H38ClN3O5S. The molecule has 3 aromatic rings. The minimum absolute atomic E-state index is 0.00536. The number of halogens is 1. The largest absolute Gasteiger partial charge is 0.494 e. The van der Waals surface area contributed by atoms with Gasteiger partial charge in [-0.1, -0.05) is 61.7 Å². The topological polar surface area (TPSA) is 96.0 Å². The van der Waals surface area contributed by atoms with Gasteiger partial charge in [-0.15, -0.1) is 0 Å². The van der Waals surface area contributed by atoms with E-state index in [-0.39, 0.29) is 23.4 Å². The molecule has 0 heterocycles. The Labute approximate surface area is 253 Å². The summed E-state index contributed by atoms with van der Waals surface area (Å²) in [6, 6.07) is 21.1. The summed E-state index contributed by atoms with van der Waals surface area (Å²) in [7, 11) is -4.18. The van der Waals surface area contributed by atoms with E-state index in [1.54, 1.807) is 24.3 Å². The fourth-order valence-electron chi connectivity index (χ4n) is 5.20. The Bertz CT molecular complexity index is 1430. The van der Waals surface area contributed by atoms with E-state index in [0.717, 1.165) is 35.6 Å². The zero-order chi connectivity index (χ0) is 30.1. The van der Waals surface area contributed by atoms with Crippen molar-refractivity contribution in [2.24, 2.45) is 0 Å². The molecule has 0 radical (unpaired) electrons. The zero-order valence-corrected chi connectivity index (χ0v) is 25.6. The summed E-state index contributed by atoms with van der Waals surface area (Å²) in [4.78, 5) is 29.2. The third-order valence-corrected chi connectivity index (χ3v) is 9.44. The molecular weight excluding hydrogens is 574 g/mol. The average molecular weight is 612 g/mol. The third kappa shape index (κ3) is 7.83. The number of anilines is 1. The third-order valence-electron chi connectivity index (χ3n) is 7.40. The number of ether oxygens (including phenoxy) is 1. The minimum atomic E-state index is -4.18. The maximum absolute atomic E-state index is 14.2. The van der Waals surface area contributed by atoms with Crippen LogP contribution < -0.4 is 14.4 Å². The second kappa shape index (κ2) is 14.6. The van der Waals surface area contributed by atoms with Gasteiger partial charge in [0.15, 0.2) is 0 Å². The molecule has 10 heteroatoms. The monoisotopic (exact) mass is 611 g/mol. The van der Waals surface area contributed by atoms with E-state index in [9.17, 15) is 18.0 Å². The number of amides is 2. The van der Waals surface area contributed by atoms with E-state index in [1.165, 1.54) is 29.2 Å². The van der Waals surface area contributed by atoms with Crippen LogP contribution in [0.5, 0.6) is 5.75 Å². The van der Waals surface area contributed by atoms with Crippen molar-refractivity contribution in [1.82, 2.24) is 10.2 Å². The van der Waals surface area contributed by atoms with E-state index < -0.39 is 28.5 Å². The van der Waals surface area contributed by atoms with E-state index >= 15 is 0 Å². The first-order valence-corrected chi connectivity index (χ1v) is 16.2. The number of carbonyl (C=O) groups is 2. The molecule has 1 aliphatic rings. The second-order valence-corrected chi connectivity index (χ2v) is 12.6. The summed E-state index contributed by atoms with van der Waals surface area (Å²) in [5.41, 5.74) is 1.14. The summed E-state index contributed by atoms with van der Waals surface area (Å²) >= 11 is 6.03. The molecule has 3 aromatic carbocycles. The maximum atomic E-state index is 14.2. The molecule has 1 fully saturated rings. The molecule has 0 bridgehead atoms. The van der Waals surface area contributed by atoms with Gasteiger partial charge in [-0.2, -0.15) is 0 Å². The molecule has 0 aliphatic heterocycles.